The van der Waals surface area contributed by atoms with E-state index in [0.717, 1.165) is 22.5 Å². The molecule has 0 saturated carbocycles. The monoisotopic (exact) mass is 558 g/mol. The Morgan fingerprint density at radius 1 is 1.23 bits per heavy atom. The lowest BCUT2D eigenvalue weighted by atomic mass is 9.84. The lowest BCUT2D eigenvalue weighted by Gasteiger charge is -2.41. The first-order valence-corrected chi connectivity index (χ1v) is 13.0. The van der Waals surface area contributed by atoms with Gasteiger partial charge in [-0.25, -0.2) is 17.6 Å². The van der Waals surface area contributed by atoms with Crippen LogP contribution in [0, 0.1) is 35.2 Å². The highest BCUT2D eigenvalue weighted by Gasteiger charge is 2.38. The summed E-state index contributed by atoms with van der Waals surface area (Å²) < 4.78 is 62.1. The number of methoxy groups -OCH3 is 1. The van der Waals surface area contributed by atoms with E-state index in [1.165, 1.54) is 0 Å². The fourth-order valence-electron chi connectivity index (χ4n) is 5.35. The van der Waals surface area contributed by atoms with Gasteiger partial charge in [-0.2, -0.15) is 0 Å². The molecule has 1 aliphatic heterocycles. The molecule has 4 rings (SSSR count). The van der Waals surface area contributed by atoms with Gasteiger partial charge in [-0.05, 0) is 67.6 Å². The number of nitrogens with zero attached hydrogens (tertiary/aromatic N) is 2. The molecule has 0 aliphatic carbocycles. The topological polar surface area (TPSA) is 82.9 Å². The summed E-state index contributed by atoms with van der Waals surface area (Å²) in [7, 11) is 1.55. The second-order valence-corrected chi connectivity index (χ2v) is 9.88. The number of rotatable bonds is 9. The number of carboxylic acids is 1. The molecule has 40 heavy (non-hydrogen) atoms. The third-order valence-electron chi connectivity index (χ3n) is 7.38. The normalized spacial score (nSPS) is 19.3. The van der Waals surface area contributed by atoms with Gasteiger partial charge < -0.3 is 14.9 Å². The van der Waals surface area contributed by atoms with Gasteiger partial charge in [0.15, 0.2) is 11.6 Å². The number of aliphatic carboxylic acids is 1. The molecule has 212 valence electrons. The third kappa shape index (κ3) is 6.72. The SMILES string of the molecule is COc1ccc2ncc(CO)c(CCCC3C(F)C(CC(=O)O)CCN3CC#Cc3cc(F)cc(F)c3F)c2c1. The average Bonchev–Trinajstić information content (AvgIpc) is 2.93. The number of aromatic nitrogens is 1. The van der Waals surface area contributed by atoms with Crippen LogP contribution in [0.1, 0.15) is 42.4 Å². The van der Waals surface area contributed by atoms with Gasteiger partial charge in [0, 0.05) is 29.6 Å². The van der Waals surface area contributed by atoms with Crippen LogP contribution in [0.25, 0.3) is 10.9 Å². The maximum atomic E-state index is 15.7. The van der Waals surface area contributed by atoms with Crippen LogP contribution in [-0.2, 0) is 17.8 Å². The molecule has 3 atom stereocenters. The number of aliphatic hydroxyl groups is 1. The number of hydrogen-bond acceptors (Lipinski definition) is 5. The molecule has 1 aromatic heterocycles. The Balaban J connectivity index is 1.54. The summed E-state index contributed by atoms with van der Waals surface area (Å²) >= 11 is 0. The van der Waals surface area contributed by atoms with Crippen molar-refractivity contribution in [2.24, 2.45) is 5.92 Å². The molecule has 2 heterocycles. The van der Waals surface area contributed by atoms with Crippen LogP contribution in [0.5, 0.6) is 5.75 Å². The quantitative estimate of drug-likeness (QED) is 0.218. The second kappa shape index (κ2) is 13.1. The number of likely N-dealkylation sites (tertiary alicyclic amines) is 1. The highest BCUT2D eigenvalue weighted by Crippen LogP contribution is 2.32. The number of pyridine rings is 1. The van der Waals surface area contributed by atoms with Crippen molar-refractivity contribution in [1.82, 2.24) is 9.88 Å². The van der Waals surface area contributed by atoms with Gasteiger partial charge in [0.1, 0.15) is 17.7 Å². The lowest BCUT2D eigenvalue weighted by Crippen LogP contribution is -2.51. The minimum atomic E-state index is -1.44. The van der Waals surface area contributed by atoms with Gasteiger partial charge >= 0.3 is 5.97 Å². The summed E-state index contributed by atoms with van der Waals surface area (Å²) in [5.41, 5.74) is 1.82. The van der Waals surface area contributed by atoms with Gasteiger partial charge in [0.25, 0.3) is 0 Å². The van der Waals surface area contributed by atoms with Crippen LogP contribution in [0.15, 0.2) is 36.5 Å². The van der Waals surface area contributed by atoms with E-state index in [-0.39, 0.29) is 19.6 Å². The molecule has 2 N–H and O–H groups in total. The zero-order valence-corrected chi connectivity index (χ0v) is 22.0. The molecule has 2 aromatic carbocycles. The van der Waals surface area contributed by atoms with Gasteiger partial charge in [0.05, 0.1) is 37.8 Å². The van der Waals surface area contributed by atoms with Crippen molar-refractivity contribution in [3.05, 3.63) is 70.7 Å². The largest absolute Gasteiger partial charge is 0.497 e. The molecule has 6 nitrogen and oxygen atoms in total. The van der Waals surface area contributed by atoms with Gasteiger partial charge in [-0.3, -0.25) is 14.7 Å². The Kier molecular flexibility index (Phi) is 9.61. The number of aliphatic hydroxyl groups excluding tert-OH is 1. The summed E-state index contributed by atoms with van der Waals surface area (Å²) in [6, 6.07) is 6.02. The fraction of sp³-hybridized carbons (Fsp3) is 0.400. The number of benzene rings is 2. The van der Waals surface area contributed by atoms with Gasteiger partial charge in [-0.1, -0.05) is 11.8 Å². The van der Waals surface area contributed by atoms with E-state index in [4.69, 9.17) is 4.74 Å². The van der Waals surface area contributed by atoms with Crippen LogP contribution in [-0.4, -0.2) is 58.5 Å². The number of alkyl halides is 1. The number of carboxylic acid groups (broad SMARTS) is 1. The standard InChI is InChI=1S/C30H30F4N2O4/c1-40-22-7-8-26-24(15-22)23(20(17-37)16-35-26)5-2-6-27-30(34)19(13-28(38)39)9-11-36(27)10-3-4-18-12-21(31)14-25(32)29(18)33/h7-8,12,14-16,19,27,30,37H,2,5-6,9-11,13,17H2,1H3,(H,38,39). The number of piperidine rings is 1. The average molecular weight is 559 g/mol. The van der Waals surface area contributed by atoms with Crippen LogP contribution >= 0.6 is 0 Å². The number of aryl methyl sites for hydroxylation is 1. The molecule has 1 saturated heterocycles. The summed E-state index contributed by atoms with van der Waals surface area (Å²) in [4.78, 5) is 17.5. The van der Waals surface area contributed by atoms with Crippen molar-refractivity contribution in [3.8, 4) is 17.6 Å². The number of carbonyl (C=O) groups is 1. The number of hydrogen-bond donors (Lipinski definition) is 2. The van der Waals surface area contributed by atoms with E-state index >= 15 is 4.39 Å². The molecule has 0 spiro atoms. The highest BCUT2D eigenvalue weighted by atomic mass is 19.2. The molecule has 0 radical (unpaired) electrons. The zero-order valence-electron chi connectivity index (χ0n) is 22.0. The van der Waals surface area contributed by atoms with Gasteiger partial charge in [-0.15, -0.1) is 0 Å². The van der Waals surface area contributed by atoms with E-state index in [0.29, 0.717) is 49.6 Å². The van der Waals surface area contributed by atoms with E-state index in [1.807, 2.05) is 12.1 Å². The smallest absolute Gasteiger partial charge is 0.303 e. The zero-order chi connectivity index (χ0) is 28.8. The molecular formula is C30H30F4N2O4. The van der Waals surface area contributed by atoms with Crippen molar-refractivity contribution in [2.45, 2.75) is 50.9 Å². The number of ether oxygens (including phenoxy) is 1. The van der Waals surface area contributed by atoms with Crippen molar-refractivity contribution in [2.75, 3.05) is 20.2 Å². The van der Waals surface area contributed by atoms with Crippen molar-refractivity contribution < 1.29 is 37.3 Å². The first kappa shape index (κ1) is 29.3. The first-order chi connectivity index (χ1) is 19.2. The van der Waals surface area contributed by atoms with Crippen molar-refractivity contribution in [1.29, 1.82) is 0 Å². The fourth-order valence-corrected chi connectivity index (χ4v) is 5.35. The summed E-state index contributed by atoms with van der Waals surface area (Å²) in [6.45, 7) is 0.166. The Morgan fingerprint density at radius 2 is 2.02 bits per heavy atom. The molecule has 0 bridgehead atoms. The number of fused-ring (bicyclic) bond motifs is 1. The second-order valence-electron chi connectivity index (χ2n) is 9.88. The molecule has 1 aliphatic rings. The maximum absolute atomic E-state index is 15.7. The Hall–Kier alpha value is -3.68. The Labute approximate surface area is 229 Å². The molecule has 0 amide bonds. The minimum absolute atomic E-state index is 0.0136. The van der Waals surface area contributed by atoms with E-state index in [2.05, 4.69) is 16.8 Å². The number of halogens is 4. The summed E-state index contributed by atoms with van der Waals surface area (Å²) in [6.07, 6.45) is 1.56. The summed E-state index contributed by atoms with van der Waals surface area (Å²) in [5.74, 6) is 0.480. The molecule has 3 unspecified atom stereocenters. The van der Waals surface area contributed by atoms with Crippen LogP contribution in [0.3, 0.4) is 0 Å². The lowest BCUT2D eigenvalue weighted by molar-refractivity contribution is -0.139. The van der Waals surface area contributed by atoms with E-state index < -0.39 is 47.1 Å². The molecule has 3 aromatic rings. The van der Waals surface area contributed by atoms with E-state index in [1.54, 1.807) is 24.3 Å². The van der Waals surface area contributed by atoms with E-state index in [9.17, 15) is 28.2 Å². The Bertz CT molecular complexity index is 1430. The van der Waals surface area contributed by atoms with Crippen molar-refractivity contribution in [3.63, 3.8) is 0 Å². The van der Waals surface area contributed by atoms with Crippen LogP contribution in [0.4, 0.5) is 17.6 Å². The first-order valence-electron chi connectivity index (χ1n) is 13.0. The Morgan fingerprint density at radius 3 is 2.75 bits per heavy atom. The third-order valence-corrected chi connectivity index (χ3v) is 7.38. The molecular weight excluding hydrogens is 528 g/mol. The predicted molar refractivity (Wildman–Crippen MR) is 141 cm³/mol. The van der Waals surface area contributed by atoms with Gasteiger partial charge in [0.2, 0.25) is 0 Å². The molecule has 1 fully saturated rings. The minimum Gasteiger partial charge on any atom is -0.497 e. The van der Waals surface area contributed by atoms with Crippen LogP contribution < -0.4 is 4.74 Å². The maximum Gasteiger partial charge on any atom is 0.303 e. The van der Waals surface area contributed by atoms with Crippen LogP contribution in [0.2, 0.25) is 0 Å². The van der Waals surface area contributed by atoms with Crippen molar-refractivity contribution >= 4 is 16.9 Å². The molecule has 10 heteroatoms. The predicted octanol–water partition coefficient (Wildman–Crippen LogP) is 5.03. The highest BCUT2D eigenvalue weighted by molar-refractivity contribution is 5.84. The summed E-state index contributed by atoms with van der Waals surface area (Å²) in [5, 5.41) is 20.0.